The summed E-state index contributed by atoms with van der Waals surface area (Å²) in [5.74, 6) is 6.28. The number of rotatable bonds is 3. The van der Waals surface area contributed by atoms with Crippen molar-refractivity contribution in [2.45, 2.75) is 43.7 Å². The Labute approximate surface area is 118 Å². The molecule has 2 atom stereocenters. The van der Waals surface area contributed by atoms with Gasteiger partial charge in [0, 0.05) is 18.8 Å². The number of aromatic nitrogens is 1. The molecule has 0 bridgehead atoms. The van der Waals surface area contributed by atoms with Crippen molar-refractivity contribution in [2.24, 2.45) is 11.8 Å². The fourth-order valence-electron chi connectivity index (χ4n) is 3.39. The second-order valence-corrected chi connectivity index (χ2v) is 6.08. The first-order valence-electron chi connectivity index (χ1n) is 6.94. The van der Waals surface area contributed by atoms with E-state index in [1.54, 1.807) is 6.20 Å². The van der Waals surface area contributed by atoms with Gasteiger partial charge in [-0.25, -0.2) is 4.98 Å². The van der Waals surface area contributed by atoms with Gasteiger partial charge in [-0.3, -0.25) is 11.3 Å². The highest BCUT2D eigenvalue weighted by Crippen LogP contribution is 2.47. The van der Waals surface area contributed by atoms with Crippen molar-refractivity contribution in [2.75, 3.05) is 6.61 Å². The van der Waals surface area contributed by atoms with Gasteiger partial charge in [0.15, 0.2) is 0 Å². The molecule has 104 valence electrons. The van der Waals surface area contributed by atoms with Crippen LogP contribution in [0.4, 0.5) is 0 Å². The van der Waals surface area contributed by atoms with Crippen molar-refractivity contribution < 1.29 is 4.74 Å². The number of halogens is 1. The summed E-state index contributed by atoms with van der Waals surface area (Å²) in [6.07, 6.45) is 7.53. The summed E-state index contributed by atoms with van der Waals surface area (Å²) in [7, 11) is 0. The fourth-order valence-corrected chi connectivity index (χ4v) is 3.57. The molecule has 1 saturated carbocycles. The van der Waals surface area contributed by atoms with Crippen molar-refractivity contribution in [1.82, 2.24) is 10.4 Å². The van der Waals surface area contributed by atoms with Gasteiger partial charge in [0.25, 0.3) is 0 Å². The van der Waals surface area contributed by atoms with E-state index in [4.69, 9.17) is 22.2 Å². The molecule has 2 unspecified atom stereocenters. The van der Waals surface area contributed by atoms with E-state index in [1.807, 2.05) is 12.1 Å². The van der Waals surface area contributed by atoms with Crippen molar-refractivity contribution in [3.05, 3.63) is 29.0 Å². The smallest absolute Gasteiger partial charge is 0.129 e. The molecule has 1 spiro atoms. The number of ether oxygens (including phenoxy) is 1. The molecule has 0 aromatic carbocycles. The van der Waals surface area contributed by atoms with Gasteiger partial charge < -0.3 is 4.74 Å². The third-order valence-electron chi connectivity index (χ3n) is 4.56. The lowest BCUT2D eigenvalue weighted by Crippen LogP contribution is -2.48. The molecule has 3 rings (SSSR count). The van der Waals surface area contributed by atoms with Crippen LogP contribution in [0.25, 0.3) is 0 Å². The first-order valence-corrected chi connectivity index (χ1v) is 7.32. The highest BCUT2D eigenvalue weighted by atomic mass is 35.5. The quantitative estimate of drug-likeness (QED) is 0.508. The molecule has 0 radical (unpaired) electrons. The van der Waals surface area contributed by atoms with Crippen LogP contribution in [0.2, 0.25) is 5.15 Å². The van der Waals surface area contributed by atoms with Crippen molar-refractivity contribution in [1.29, 1.82) is 0 Å². The Morgan fingerprint density at radius 3 is 3.00 bits per heavy atom. The average Bonchev–Trinajstić information content (AvgIpc) is 2.38. The number of hydrazine groups is 1. The molecule has 2 fully saturated rings. The highest BCUT2D eigenvalue weighted by molar-refractivity contribution is 6.29. The molecule has 4 nitrogen and oxygen atoms in total. The third kappa shape index (κ3) is 2.63. The predicted molar refractivity (Wildman–Crippen MR) is 74.6 cm³/mol. The number of nitrogens with zero attached hydrogens (tertiary/aromatic N) is 1. The average molecular weight is 282 g/mol. The van der Waals surface area contributed by atoms with E-state index in [0.29, 0.717) is 11.1 Å². The molecule has 2 heterocycles. The third-order valence-corrected chi connectivity index (χ3v) is 4.76. The van der Waals surface area contributed by atoms with Gasteiger partial charge in [0.2, 0.25) is 0 Å². The Balaban J connectivity index is 1.78. The Morgan fingerprint density at radius 1 is 1.53 bits per heavy atom. The van der Waals surface area contributed by atoms with E-state index < -0.39 is 0 Å². The van der Waals surface area contributed by atoms with Crippen LogP contribution < -0.4 is 11.3 Å². The summed E-state index contributed by atoms with van der Waals surface area (Å²) in [5, 5.41) is 0.517. The van der Waals surface area contributed by atoms with Crippen molar-refractivity contribution in [3.8, 4) is 0 Å². The Hall–Kier alpha value is -0.680. The molecule has 2 aliphatic rings. The lowest BCUT2D eigenvalue weighted by atomic mass is 9.70. The minimum absolute atomic E-state index is 0.127. The zero-order valence-electron chi connectivity index (χ0n) is 10.9. The van der Waals surface area contributed by atoms with Gasteiger partial charge >= 0.3 is 0 Å². The molecule has 19 heavy (non-hydrogen) atoms. The summed E-state index contributed by atoms with van der Waals surface area (Å²) in [6.45, 7) is 0.835. The lowest BCUT2D eigenvalue weighted by Gasteiger charge is -2.48. The molecule has 3 N–H and O–H groups in total. The van der Waals surface area contributed by atoms with E-state index in [-0.39, 0.29) is 11.6 Å². The molecule has 5 heteroatoms. The maximum absolute atomic E-state index is 5.98. The van der Waals surface area contributed by atoms with Gasteiger partial charge in [-0.2, -0.15) is 0 Å². The van der Waals surface area contributed by atoms with Crippen molar-refractivity contribution in [3.63, 3.8) is 0 Å². The number of hydrogen-bond acceptors (Lipinski definition) is 4. The van der Waals surface area contributed by atoms with E-state index >= 15 is 0 Å². The van der Waals surface area contributed by atoms with Crippen LogP contribution in [0.5, 0.6) is 0 Å². The number of nitrogens with one attached hydrogen (secondary N) is 1. The van der Waals surface area contributed by atoms with Crippen LogP contribution in [0, 0.1) is 5.92 Å². The van der Waals surface area contributed by atoms with Crippen LogP contribution in [0.15, 0.2) is 18.3 Å². The Bertz CT molecular complexity index is 450. The molecule has 0 amide bonds. The van der Waals surface area contributed by atoms with Crippen LogP contribution in [-0.2, 0) is 4.74 Å². The summed E-state index contributed by atoms with van der Waals surface area (Å²) in [5.41, 5.74) is 4.21. The van der Waals surface area contributed by atoms with Gasteiger partial charge in [0.1, 0.15) is 5.15 Å². The van der Waals surface area contributed by atoms with Gasteiger partial charge in [-0.1, -0.05) is 11.6 Å². The fraction of sp³-hybridized carbons (Fsp3) is 0.643. The number of pyridine rings is 1. The largest absolute Gasteiger partial charge is 0.375 e. The topological polar surface area (TPSA) is 60.2 Å². The van der Waals surface area contributed by atoms with Crippen molar-refractivity contribution >= 4 is 11.6 Å². The van der Waals surface area contributed by atoms with E-state index in [1.165, 1.54) is 19.3 Å². The first kappa shape index (κ1) is 13.3. The molecule has 1 aliphatic heterocycles. The highest BCUT2D eigenvalue weighted by Gasteiger charge is 2.44. The Kier molecular flexibility index (Phi) is 3.76. The predicted octanol–water partition coefficient (Wildman–Crippen LogP) is 2.59. The zero-order chi connectivity index (χ0) is 13.3. The van der Waals surface area contributed by atoms with E-state index in [9.17, 15) is 0 Å². The summed E-state index contributed by atoms with van der Waals surface area (Å²) in [6, 6.07) is 4.01. The molecular weight excluding hydrogens is 262 g/mol. The minimum atomic E-state index is 0.127. The lowest BCUT2D eigenvalue weighted by molar-refractivity contribution is -0.147. The van der Waals surface area contributed by atoms with Gasteiger partial charge in [0.05, 0.1) is 5.60 Å². The SMILES string of the molecule is NNC(c1ccnc(Cl)c1)C1CCOC2(CCC2)C1. The van der Waals surface area contributed by atoms with Crippen LogP contribution in [-0.4, -0.2) is 17.2 Å². The van der Waals surface area contributed by atoms with Crippen LogP contribution in [0.1, 0.15) is 43.7 Å². The molecule has 1 aromatic heterocycles. The maximum atomic E-state index is 5.98. The minimum Gasteiger partial charge on any atom is -0.375 e. The maximum Gasteiger partial charge on any atom is 0.129 e. The second-order valence-electron chi connectivity index (χ2n) is 5.69. The van der Waals surface area contributed by atoms with Crippen LogP contribution in [0.3, 0.4) is 0 Å². The van der Waals surface area contributed by atoms with E-state index in [0.717, 1.165) is 25.0 Å². The molecular formula is C14H20ClN3O. The second kappa shape index (κ2) is 5.37. The van der Waals surface area contributed by atoms with Gasteiger partial charge in [-0.15, -0.1) is 0 Å². The molecule has 1 aliphatic carbocycles. The summed E-state index contributed by atoms with van der Waals surface area (Å²) in [4.78, 5) is 4.03. The first-order chi connectivity index (χ1) is 9.22. The monoisotopic (exact) mass is 281 g/mol. The standard InChI is InChI=1S/C14H20ClN3O/c15-12-8-10(2-6-17-12)13(18-16)11-3-7-19-14(9-11)4-1-5-14/h2,6,8,11,13,18H,1,3-5,7,9,16H2. The Morgan fingerprint density at radius 2 is 2.37 bits per heavy atom. The summed E-state index contributed by atoms with van der Waals surface area (Å²) < 4.78 is 5.98. The van der Waals surface area contributed by atoms with E-state index in [2.05, 4.69) is 10.4 Å². The van der Waals surface area contributed by atoms with Gasteiger partial charge in [-0.05, 0) is 55.7 Å². The molecule has 1 saturated heterocycles. The number of nitrogens with two attached hydrogens (primary N) is 1. The molecule has 1 aromatic rings. The normalized spacial score (nSPS) is 26.9. The summed E-state index contributed by atoms with van der Waals surface area (Å²) >= 11 is 5.97. The number of hydrogen-bond donors (Lipinski definition) is 2. The van der Waals surface area contributed by atoms with Crippen LogP contribution >= 0.6 is 11.6 Å². The zero-order valence-corrected chi connectivity index (χ0v) is 11.7.